The molecule has 0 N–H and O–H groups in total. The third-order valence-corrected chi connectivity index (χ3v) is 5.63. The summed E-state index contributed by atoms with van der Waals surface area (Å²) in [5.41, 5.74) is 6.98. The standard InChI is InChI=1S/C25H15N7/c1-3-10-22-20(6-1)29-24-27-18(12-14-31(22)24)16-8-5-9-17(26-16)19-13-15-32-23-11-4-2-7-21(23)30-25(32)28-19/h1-15H. The van der Waals surface area contributed by atoms with Crippen molar-refractivity contribution in [2.24, 2.45) is 0 Å². The number of hydrogen-bond acceptors (Lipinski definition) is 5. The highest BCUT2D eigenvalue weighted by atomic mass is 15.1. The summed E-state index contributed by atoms with van der Waals surface area (Å²) in [5.74, 6) is 1.30. The fourth-order valence-electron chi connectivity index (χ4n) is 4.10. The minimum Gasteiger partial charge on any atom is -0.284 e. The Kier molecular flexibility index (Phi) is 3.43. The van der Waals surface area contributed by atoms with E-state index in [1.54, 1.807) is 0 Å². The Morgan fingerprint density at radius 3 is 1.41 bits per heavy atom. The van der Waals surface area contributed by atoms with Gasteiger partial charge in [-0.05, 0) is 48.5 Å². The summed E-state index contributed by atoms with van der Waals surface area (Å²) in [5, 5.41) is 0. The van der Waals surface area contributed by atoms with E-state index in [0.29, 0.717) is 11.6 Å². The van der Waals surface area contributed by atoms with E-state index >= 15 is 0 Å². The van der Waals surface area contributed by atoms with E-state index in [4.69, 9.17) is 15.0 Å². The second-order valence-electron chi connectivity index (χ2n) is 7.57. The predicted molar refractivity (Wildman–Crippen MR) is 123 cm³/mol. The van der Waals surface area contributed by atoms with Crippen LogP contribution in [0.25, 0.3) is 56.4 Å². The second-order valence-corrected chi connectivity index (χ2v) is 7.57. The Morgan fingerprint density at radius 1 is 0.406 bits per heavy atom. The van der Waals surface area contributed by atoms with Crippen molar-refractivity contribution in [3.63, 3.8) is 0 Å². The van der Waals surface area contributed by atoms with Gasteiger partial charge in [-0.25, -0.2) is 24.9 Å². The van der Waals surface area contributed by atoms with Crippen molar-refractivity contribution in [3.05, 3.63) is 91.3 Å². The van der Waals surface area contributed by atoms with Crippen LogP contribution in [0.1, 0.15) is 0 Å². The first-order valence-corrected chi connectivity index (χ1v) is 10.3. The van der Waals surface area contributed by atoms with Gasteiger partial charge in [-0.15, -0.1) is 0 Å². The first-order chi connectivity index (χ1) is 15.8. The molecule has 0 atom stereocenters. The molecule has 0 unspecified atom stereocenters. The lowest BCUT2D eigenvalue weighted by Gasteiger charge is -2.05. The van der Waals surface area contributed by atoms with Gasteiger partial charge in [-0.2, -0.15) is 0 Å². The fraction of sp³-hybridized carbons (Fsp3) is 0. The normalized spacial score (nSPS) is 11.8. The lowest BCUT2D eigenvalue weighted by atomic mass is 10.2. The van der Waals surface area contributed by atoms with Gasteiger partial charge in [0, 0.05) is 12.4 Å². The molecule has 5 heterocycles. The third-order valence-electron chi connectivity index (χ3n) is 5.63. The number of aromatic nitrogens is 7. The molecular formula is C25H15N7. The molecule has 0 amide bonds. The number of pyridine rings is 1. The molecule has 7 rings (SSSR count). The van der Waals surface area contributed by atoms with Crippen molar-refractivity contribution in [3.8, 4) is 22.8 Å². The van der Waals surface area contributed by atoms with E-state index < -0.39 is 0 Å². The summed E-state index contributed by atoms with van der Waals surface area (Å²) in [4.78, 5) is 23.6. The maximum Gasteiger partial charge on any atom is 0.235 e. The Balaban J connectivity index is 1.34. The van der Waals surface area contributed by atoms with Crippen LogP contribution in [0.15, 0.2) is 91.3 Å². The van der Waals surface area contributed by atoms with Gasteiger partial charge in [0.2, 0.25) is 11.6 Å². The van der Waals surface area contributed by atoms with Crippen molar-refractivity contribution in [1.82, 2.24) is 33.7 Å². The number of imidazole rings is 2. The predicted octanol–water partition coefficient (Wildman–Crippen LogP) is 4.81. The molecular weight excluding hydrogens is 398 g/mol. The lowest BCUT2D eigenvalue weighted by molar-refractivity contribution is 1.11. The molecule has 5 aromatic heterocycles. The van der Waals surface area contributed by atoms with E-state index in [-0.39, 0.29) is 0 Å². The minimum absolute atomic E-state index is 0.652. The molecule has 0 bridgehead atoms. The molecule has 7 nitrogen and oxygen atoms in total. The zero-order valence-corrected chi connectivity index (χ0v) is 16.8. The first kappa shape index (κ1) is 17.1. The molecule has 7 heteroatoms. The largest absolute Gasteiger partial charge is 0.284 e. The molecule has 32 heavy (non-hydrogen) atoms. The van der Waals surface area contributed by atoms with Gasteiger partial charge < -0.3 is 0 Å². The molecule has 0 saturated heterocycles. The molecule has 150 valence electrons. The van der Waals surface area contributed by atoms with Crippen LogP contribution in [0.2, 0.25) is 0 Å². The van der Waals surface area contributed by atoms with Crippen LogP contribution in [0.3, 0.4) is 0 Å². The number of nitrogens with zero attached hydrogens (tertiary/aromatic N) is 7. The van der Waals surface area contributed by atoms with Gasteiger partial charge in [-0.3, -0.25) is 8.80 Å². The summed E-state index contributed by atoms with van der Waals surface area (Å²) in [6.45, 7) is 0. The summed E-state index contributed by atoms with van der Waals surface area (Å²) in [6, 6.07) is 25.8. The number of rotatable bonds is 2. The van der Waals surface area contributed by atoms with Crippen molar-refractivity contribution in [2.45, 2.75) is 0 Å². The van der Waals surface area contributed by atoms with Crippen LogP contribution < -0.4 is 0 Å². The quantitative estimate of drug-likeness (QED) is 0.407. The van der Waals surface area contributed by atoms with Crippen LogP contribution in [0, 0.1) is 0 Å². The smallest absolute Gasteiger partial charge is 0.235 e. The van der Waals surface area contributed by atoms with Crippen LogP contribution in [0.4, 0.5) is 0 Å². The molecule has 0 aliphatic carbocycles. The summed E-state index contributed by atoms with van der Waals surface area (Å²) in [6.07, 6.45) is 3.98. The average molecular weight is 413 g/mol. The van der Waals surface area contributed by atoms with E-state index in [1.807, 2.05) is 100 Å². The topological polar surface area (TPSA) is 73.3 Å². The SMILES string of the molecule is c1cc(-c2ccn3c(n2)nc2ccccc23)nc(-c2ccn3c(n2)nc2ccccc23)c1. The van der Waals surface area contributed by atoms with Gasteiger partial charge in [0.05, 0.1) is 44.8 Å². The van der Waals surface area contributed by atoms with Gasteiger partial charge in [0.15, 0.2) is 0 Å². The molecule has 0 fully saturated rings. The van der Waals surface area contributed by atoms with Crippen LogP contribution >= 0.6 is 0 Å². The second kappa shape index (κ2) is 6.42. The molecule has 2 aromatic carbocycles. The summed E-state index contributed by atoms with van der Waals surface area (Å²) in [7, 11) is 0. The van der Waals surface area contributed by atoms with Crippen molar-refractivity contribution in [2.75, 3.05) is 0 Å². The number of hydrogen-bond donors (Lipinski definition) is 0. The van der Waals surface area contributed by atoms with E-state index in [2.05, 4.69) is 9.97 Å². The third kappa shape index (κ3) is 2.51. The fourth-order valence-corrected chi connectivity index (χ4v) is 4.10. The lowest BCUT2D eigenvalue weighted by Crippen LogP contribution is -1.96. The van der Waals surface area contributed by atoms with Gasteiger partial charge >= 0.3 is 0 Å². The molecule has 7 aromatic rings. The van der Waals surface area contributed by atoms with Gasteiger partial charge in [0.1, 0.15) is 0 Å². The molecule has 0 radical (unpaired) electrons. The maximum absolute atomic E-state index is 4.84. The van der Waals surface area contributed by atoms with E-state index in [1.165, 1.54) is 0 Å². The van der Waals surface area contributed by atoms with Crippen LogP contribution in [0.5, 0.6) is 0 Å². The van der Waals surface area contributed by atoms with Crippen molar-refractivity contribution < 1.29 is 0 Å². The van der Waals surface area contributed by atoms with Crippen LogP contribution in [-0.4, -0.2) is 33.7 Å². The van der Waals surface area contributed by atoms with Crippen molar-refractivity contribution in [1.29, 1.82) is 0 Å². The summed E-state index contributed by atoms with van der Waals surface area (Å²) < 4.78 is 3.97. The highest BCUT2D eigenvalue weighted by Crippen LogP contribution is 2.23. The molecule has 0 aliphatic heterocycles. The monoisotopic (exact) mass is 413 g/mol. The first-order valence-electron chi connectivity index (χ1n) is 10.3. The van der Waals surface area contributed by atoms with Gasteiger partial charge in [0.25, 0.3) is 0 Å². The minimum atomic E-state index is 0.652. The van der Waals surface area contributed by atoms with Crippen molar-refractivity contribution >= 4 is 33.6 Å². The zero-order valence-electron chi connectivity index (χ0n) is 16.8. The Labute approximate surface area is 181 Å². The van der Waals surface area contributed by atoms with E-state index in [9.17, 15) is 0 Å². The highest BCUT2D eigenvalue weighted by molar-refractivity contribution is 5.81. The highest BCUT2D eigenvalue weighted by Gasteiger charge is 2.11. The summed E-state index contributed by atoms with van der Waals surface area (Å²) >= 11 is 0. The van der Waals surface area contributed by atoms with Gasteiger partial charge in [-0.1, -0.05) is 30.3 Å². The number of fused-ring (bicyclic) bond motifs is 6. The van der Waals surface area contributed by atoms with E-state index in [0.717, 1.165) is 44.8 Å². The Bertz CT molecular complexity index is 1670. The number of benzene rings is 2. The molecule has 0 aliphatic rings. The Morgan fingerprint density at radius 2 is 0.875 bits per heavy atom. The zero-order chi connectivity index (χ0) is 21.1. The Hall–Kier alpha value is -4.65. The average Bonchev–Trinajstić information content (AvgIpc) is 3.41. The molecule has 0 saturated carbocycles. The number of para-hydroxylation sites is 4. The molecule has 0 spiro atoms. The maximum atomic E-state index is 4.84. The van der Waals surface area contributed by atoms with Crippen LogP contribution in [-0.2, 0) is 0 Å².